The molecule has 0 aliphatic rings. The molecule has 0 unspecified atom stereocenters. The lowest BCUT2D eigenvalue weighted by Gasteiger charge is -2.12. The van der Waals surface area contributed by atoms with E-state index in [0.29, 0.717) is 25.7 Å². The second-order valence-corrected chi connectivity index (χ2v) is 4.84. The summed E-state index contributed by atoms with van der Waals surface area (Å²) in [5, 5.41) is 27.8. The number of carboxylic acids is 1. The number of aliphatic hydroxyl groups is 2. The maximum Gasteiger partial charge on any atom is 0.303 e. The van der Waals surface area contributed by atoms with Gasteiger partial charge >= 0.3 is 5.97 Å². The fourth-order valence-electron chi connectivity index (χ4n) is 1.39. The number of hydrogen-bond acceptors (Lipinski definition) is 3. The van der Waals surface area contributed by atoms with Crippen molar-refractivity contribution in [2.45, 2.75) is 44.3 Å². The van der Waals surface area contributed by atoms with Gasteiger partial charge in [0, 0.05) is 12.8 Å². The lowest BCUT2D eigenvalue weighted by molar-refractivity contribution is -0.137. The van der Waals surface area contributed by atoms with Gasteiger partial charge in [-0.1, -0.05) is 46.0 Å². The summed E-state index contributed by atoms with van der Waals surface area (Å²) < 4.78 is 0. The summed E-state index contributed by atoms with van der Waals surface area (Å²) in [6.45, 7) is 0. The summed E-state index contributed by atoms with van der Waals surface area (Å²) in [7, 11) is 0. The molecule has 0 saturated heterocycles. The molecular formula is C16H21BrO4. The monoisotopic (exact) mass is 356 g/mol. The molecule has 0 radical (unpaired) electrons. The quantitative estimate of drug-likeness (QED) is 0.337. The third kappa shape index (κ3) is 13.4. The Morgan fingerprint density at radius 1 is 1.29 bits per heavy atom. The van der Waals surface area contributed by atoms with E-state index in [2.05, 4.69) is 27.8 Å². The highest BCUT2D eigenvalue weighted by Gasteiger charge is 2.11. The van der Waals surface area contributed by atoms with Crippen molar-refractivity contribution in [1.82, 2.24) is 0 Å². The van der Waals surface area contributed by atoms with E-state index >= 15 is 0 Å². The number of rotatable bonds is 9. The SMILES string of the molecule is O=C(O)CCCC#C/C=C/[C@@H](O)[C@@H](O)CC/C=C/C=C\Br. The average Bonchev–Trinajstić information content (AvgIpc) is 2.45. The molecule has 0 aromatic carbocycles. The van der Waals surface area contributed by atoms with Crippen molar-refractivity contribution in [1.29, 1.82) is 0 Å². The Labute approximate surface area is 134 Å². The van der Waals surface area contributed by atoms with Gasteiger partial charge in [0.2, 0.25) is 0 Å². The Morgan fingerprint density at radius 3 is 2.71 bits per heavy atom. The number of carboxylic acid groups (broad SMARTS) is 1. The summed E-state index contributed by atoms with van der Waals surface area (Å²) in [5.41, 5.74) is 0. The van der Waals surface area contributed by atoms with Crippen LogP contribution >= 0.6 is 15.9 Å². The Hall–Kier alpha value is -1.35. The molecule has 2 atom stereocenters. The summed E-state index contributed by atoms with van der Waals surface area (Å²) in [5.74, 6) is 4.66. The van der Waals surface area contributed by atoms with Gasteiger partial charge in [-0.3, -0.25) is 4.79 Å². The average molecular weight is 357 g/mol. The number of aliphatic carboxylic acids is 1. The molecule has 3 N–H and O–H groups in total. The van der Waals surface area contributed by atoms with Gasteiger partial charge in [0.15, 0.2) is 0 Å². The van der Waals surface area contributed by atoms with Crippen LogP contribution in [-0.4, -0.2) is 33.5 Å². The van der Waals surface area contributed by atoms with Crippen LogP contribution in [0.3, 0.4) is 0 Å². The second-order valence-electron chi connectivity index (χ2n) is 4.31. The fraction of sp³-hybridized carbons (Fsp3) is 0.438. The van der Waals surface area contributed by atoms with Crippen LogP contribution in [0.25, 0.3) is 0 Å². The molecule has 0 aromatic rings. The van der Waals surface area contributed by atoms with Crippen LogP contribution in [-0.2, 0) is 4.79 Å². The van der Waals surface area contributed by atoms with Crippen molar-refractivity contribution in [2.24, 2.45) is 0 Å². The minimum atomic E-state index is -0.946. The minimum Gasteiger partial charge on any atom is -0.481 e. The molecule has 0 amide bonds. The molecule has 5 heteroatoms. The van der Waals surface area contributed by atoms with Crippen molar-refractivity contribution in [3.05, 3.63) is 35.4 Å². The number of carbonyl (C=O) groups is 1. The van der Waals surface area contributed by atoms with Gasteiger partial charge in [-0.2, -0.15) is 0 Å². The van der Waals surface area contributed by atoms with Crippen LogP contribution in [0.1, 0.15) is 32.1 Å². The van der Waals surface area contributed by atoms with Crippen molar-refractivity contribution in [2.75, 3.05) is 0 Å². The molecule has 0 aliphatic carbocycles. The first-order valence-electron chi connectivity index (χ1n) is 6.72. The first kappa shape index (κ1) is 19.7. The molecule has 0 saturated carbocycles. The number of hydrogen-bond donors (Lipinski definition) is 3. The first-order chi connectivity index (χ1) is 10.1. The molecule has 0 aromatic heterocycles. The van der Waals surface area contributed by atoms with E-state index in [4.69, 9.17) is 5.11 Å². The fourth-order valence-corrected chi connectivity index (χ4v) is 1.56. The van der Waals surface area contributed by atoms with Gasteiger partial charge in [0.25, 0.3) is 0 Å². The van der Waals surface area contributed by atoms with Gasteiger partial charge < -0.3 is 15.3 Å². The summed E-state index contributed by atoms with van der Waals surface area (Å²) in [6, 6.07) is 0. The lowest BCUT2D eigenvalue weighted by atomic mass is 10.1. The van der Waals surface area contributed by atoms with E-state index < -0.39 is 18.2 Å². The standard InChI is InChI=1S/C16H21BrO4/c17-13-9-5-4-7-11-15(19)14(18)10-6-2-1-3-8-12-16(20)21/h4-6,9-10,13-15,18-19H,3,7-8,11-12H2,(H,20,21)/b5-4+,10-6+,13-9-/t14-,15+/m1/s1. The van der Waals surface area contributed by atoms with E-state index in [9.17, 15) is 15.0 Å². The Morgan fingerprint density at radius 2 is 2.05 bits per heavy atom. The first-order valence-corrected chi connectivity index (χ1v) is 7.64. The Kier molecular flexibility index (Phi) is 12.7. The largest absolute Gasteiger partial charge is 0.481 e. The van der Waals surface area contributed by atoms with Crippen LogP contribution < -0.4 is 0 Å². The highest BCUT2D eigenvalue weighted by atomic mass is 79.9. The second kappa shape index (κ2) is 13.6. The zero-order valence-electron chi connectivity index (χ0n) is 11.8. The molecule has 116 valence electrons. The minimum absolute atomic E-state index is 0.109. The smallest absolute Gasteiger partial charge is 0.303 e. The molecule has 0 spiro atoms. The predicted molar refractivity (Wildman–Crippen MR) is 86.9 cm³/mol. The van der Waals surface area contributed by atoms with Gasteiger partial charge in [-0.25, -0.2) is 0 Å². The topological polar surface area (TPSA) is 77.8 Å². The van der Waals surface area contributed by atoms with Crippen molar-refractivity contribution in [3.63, 3.8) is 0 Å². The van der Waals surface area contributed by atoms with Crippen LogP contribution in [0.4, 0.5) is 0 Å². The molecule has 0 heterocycles. The van der Waals surface area contributed by atoms with Crippen LogP contribution in [0.2, 0.25) is 0 Å². The normalized spacial score (nSPS) is 14.4. The molecule has 21 heavy (non-hydrogen) atoms. The van der Waals surface area contributed by atoms with E-state index in [1.54, 1.807) is 4.99 Å². The number of aliphatic hydroxyl groups excluding tert-OH is 2. The van der Waals surface area contributed by atoms with E-state index in [0.717, 1.165) is 0 Å². The Balaban J connectivity index is 3.89. The lowest BCUT2D eigenvalue weighted by Crippen LogP contribution is -2.23. The summed E-state index contributed by atoms with van der Waals surface area (Å²) >= 11 is 3.14. The van der Waals surface area contributed by atoms with Crippen molar-refractivity contribution < 1.29 is 20.1 Å². The highest BCUT2D eigenvalue weighted by molar-refractivity contribution is 9.11. The molecule has 0 fully saturated rings. The molecule has 0 bridgehead atoms. The van der Waals surface area contributed by atoms with E-state index in [1.165, 1.54) is 12.2 Å². The van der Waals surface area contributed by atoms with Gasteiger partial charge in [0.05, 0.1) is 12.2 Å². The highest BCUT2D eigenvalue weighted by Crippen LogP contribution is 2.05. The van der Waals surface area contributed by atoms with Gasteiger partial charge in [-0.05, 0) is 36.4 Å². The zero-order valence-corrected chi connectivity index (χ0v) is 13.4. The number of halogens is 1. The van der Waals surface area contributed by atoms with Crippen molar-refractivity contribution >= 4 is 21.9 Å². The van der Waals surface area contributed by atoms with E-state index in [1.807, 2.05) is 18.2 Å². The number of unbranched alkanes of at least 4 members (excludes halogenated alkanes) is 1. The van der Waals surface area contributed by atoms with Crippen LogP contribution in [0.5, 0.6) is 0 Å². The van der Waals surface area contributed by atoms with Crippen LogP contribution in [0.15, 0.2) is 35.4 Å². The predicted octanol–water partition coefficient (Wildman–Crippen LogP) is 2.77. The molecule has 0 aliphatic heterocycles. The molecular weight excluding hydrogens is 336 g/mol. The van der Waals surface area contributed by atoms with Gasteiger partial charge in [-0.15, -0.1) is 0 Å². The molecule has 0 rings (SSSR count). The summed E-state index contributed by atoms with van der Waals surface area (Å²) in [6.07, 6.45) is 8.99. The maximum atomic E-state index is 10.3. The number of allylic oxidation sites excluding steroid dienone is 4. The van der Waals surface area contributed by atoms with Crippen molar-refractivity contribution in [3.8, 4) is 11.8 Å². The van der Waals surface area contributed by atoms with Gasteiger partial charge in [0.1, 0.15) is 0 Å². The summed E-state index contributed by atoms with van der Waals surface area (Å²) in [4.78, 5) is 12.0. The van der Waals surface area contributed by atoms with Crippen LogP contribution in [0, 0.1) is 11.8 Å². The Bertz CT molecular complexity index is 429. The zero-order chi connectivity index (χ0) is 15.9. The maximum absolute atomic E-state index is 10.3. The third-order valence-electron chi connectivity index (χ3n) is 2.51. The molecule has 4 nitrogen and oxygen atoms in total. The third-order valence-corrected chi connectivity index (χ3v) is 2.82. The van der Waals surface area contributed by atoms with E-state index in [-0.39, 0.29) is 6.42 Å².